The van der Waals surface area contributed by atoms with Crippen molar-refractivity contribution in [3.8, 4) is 0 Å². The minimum absolute atomic E-state index is 0.0979. The van der Waals surface area contributed by atoms with E-state index in [9.17, 15) is 9.59 Å². The third-order valence-electron chi connectivity index (χ3n) is 3.10. The second-order valence-corrected chi connectivity index (χ2v) is 5.22. The molecule has 1 aromatic heterocycles. The van der Waals surface area contributed by atoms with Gasteiger partial charge >= 0.3 is 5.97 Å². The minimum Gasteiger partial charge on any atom is -0.475 e. The fourth-order valence-corrected chi connectivity index (χ4v) is 2.11. The Balaban J connectivity index is 2.17. The summed E-state index contributed by atoms with van der Waals surface area (Å²) in [7, 11) is 0. The third-order valence-corrected chi connectivity index (χ3v) is 3.10. The lowest BCUT2D eigenvalue weighted by molar-refractivity contribution is -0.119. The van der Waals surface area contributed by atoms with Crippen molar-refractivity contribution in [3.05, 3.63) is 42.2 Å². The number of allylic oxidation sites excluding steroid dienone is 1. The summed E-state index contributed by atoms with van der Waals surface area (Å²) in [5.74, 6) is -1.51. The molecule has 0 aliphatic carbocycles. The van der Waals surface area contributed by atoms with Gasteiger partial charge in [-0.3, -0.25) is 4.79 Å². The number of amides is 1. The van der Waals surface area contributed by atoms with Gasteiger partial charge in [0.15, 0.2) is 0 Å². The van der Waals surface area contributed by atoms with Crippen LogP contribution in [0.3, 0.4) is 0 Å². The van der Waals surface area contributed by atoms with Crippen molar-refractivity contribution in [2.24, 2.45) is 5.92 Å². The molecule has 2 N–H and O–H groups in total. The molecule has 110 valence electrons. The van der Waals surface area contributed by atoms with E-state index in [-0.39, 0.29) is 17.6 Å². The Labute approximate surface area is 122 Å². The van der Waals surface area contributed by atoms with Gasteiger partial charge in [-0.25, -0.2) is 4.79 Å². The monoisotopic (exact) mass is 287 g/mol. The van der Waals surface area contributed by atoms with Crippen molar-refractivity contribution in [1.82, 2.24) is 0 Å². The molecule has 0 saturated heterocycles. The summed E-state index contributed by atoms with van der Waals surface area (Å²) >= 11 is 0. The number of carboxylic acids is 1. The minimum atomic E-state index is -1.12. The number of carbonyl (C=O) groups is 2. The average Bonchev–Trinajstić information content (AvgIpc) is 2.81. The second-order valence-electron chi connectivity index (χ2n) is 5.22. The van der Waals surface area contributed by atoms with Crippen LogP contribution in [0.4, 0.5) is 5.69 Å². The molecule has 1 amide bonds. The first kappa shape index (κ1) is 14.8. The molecule has 2 rings (SSSR count). The molecule has 0 aliphatic heterocycles. The van der Waals surface area contributed by atoms with Crippen LogP contribution in [-0.2, 0) is 4.79 Å². The molecule has 0 bridgehead atoms. The highest BCUT2D eigenvalue weighted by Crippen LogP contribution is 2.23. The van der Waals surface area contributed by atoms with Crippen molar-refractivity contribution in [1.29, 1.82) is 0 Å². The van der Waals surface area contributed by atoms with E-state index in [2.05, 4.69) is 11.9 Å². The molecule has 1 atom stereocenters. The van der Waals surface area contributed by atoms with Crippen molar-refractivity contribution < 1.29 is 19.1 Å². The molecular formula is C16H17NO4. The topological polar surface area (TPSA) is 79.5 Å². The summed E-state index contributed by atoms with van der Waals surface area (Å²) in [4.78, 5) is 22.9. The zero-order valence-electron chi connectivity index (χ0n) is 12.0. The van der Waals surface area contributed by atoms with E-state index < -0.39 is 5.97 Å². The van der Waals surface area contributed by atoms with Crippen LogP contribution in [0.5, 0.6) is 0 Å². The number of hydrogen-bond acceptors (Lipinski definition) is 3. The van der Waals surface area contributed by atoms with Crippen molar-refractivity contribution in [2.75, 3.05) is 5.32 Å². The van der Waals surface area contributed by atoms with E-state index in [1.807, 2.05) is 13.8 Å². The number of benzene rings is 1. The van der Waals surface area contributed by atoms with Gasteiger partial charge < -0.3 is 14.8 Å². The third kappa shape index (κ3) is 3.51. The maximum atomic E-state index is 12.0. The van der Waals surface area contributed by atoms with Gasteiger partial charge in [-0.2, -0.15) is 0 Å². The lowest BCUT2D eigenvalue weighted by Crippen LogP contribution is -2.20. The largest absolute Gasteiger partial charge is 0.475 e. The van der Waals surface area contributed by atoms with Crippen LogP contribution in [0.15, 0.2) is 40.8 Å². The predicted octanol–water partition coefficient (Wildman–Crippen LogP) is 3.67. The first-order valence-corrected chi connectivity index (χ1v) is 6.59. The summed E-state index contributed by atoms with van der Waals surface area (Å²) < 4.78 is 5.17. The molecular weight excluding hydrogens is 270 g/mol. The predicted molar refractivity (Wildman–Crippen MR) is 80.4 cm³/mol. The number of hydrogen-bond donors (Lipinski definition) is 2. The Morgan fingerprint density at radius 1 is 1.38 bits per heavy atom. The van der Waals surface area contributed by atoms with Gasteiger partial charge in [0.25, 0.3) is 0 Å². The Bertz CT molecular complexity index is 714. The summed E-state index contributed by atoms with van der Waals surface area (Å²) in [5, 5.41) is 12.3. The highest BCUT2D eigenvalue weighted by molar-refractivity contribution is 5.96. The van der Waals surface area contributed by atoms with Crippen molar-refractivity contribution in [3.63, 3.8) is 0 Å². The number of nitrogens with one attached hydrogen (secondary N) is 1. The zero-order chi connectivity index (χ0) is 15.6. The number of aromatic carboxylic acids is 1. The molecule has 0 radical (unpaired) electrons. The fourth-order valence-electron chi connectivity index (χ4n) is 2.11. The van der Waals surface area contributed by atoms with Gasteiger partial charge in [0.2, 0.25) is 11.7 Å². The van der Waals surface area contributed by atoms with Crippen molar-refractivity contribution >= 4 is 28.5 Å². The lowest BCUT2D eigenvalue weighted by atomic mass is 10.0. The first-order valence-electron chi connectivity index (χ1n) is 6.59. The smallest absolute Gasteiger partial charge is 0.371 e. The van der Waals surface area contributed by atoms with Crippen LogP contribution < -0.4 is 5.32 Å². The van der Waals surface area contributed by atoms with E-state index in [1.165, 1.54) is 6.07 Å². The number of rotatable bonds is 5. The normalized spacial score (nSPS) is 12.1. The van der Waals surface area contributed by atoms with E-state index in [4.69, 9.17) is 9.52 Å². The highest BCUT2D eigenvalue weighted by atomic mass is 16.4. The second kappa shape index (κ2) is 5.83. The number of anilines is 1. The average molecular weight is 287 g/mol. The molecule has 5 nitrogen and oxygen atoms in total. The van der Waals surface area contributed by atoms with Crippen LogP contribution in [0, 0.1) is 5.92 Å². The van der Waals surface area contributed by atoms with Crippen LogP contribution in [0.2, 0.25) is 0 Å². The van der Waals surface area contributed by atoms with E-state index in [0.29, 0.717) is 23.1 Å². The van der Waals surface area contributed by atoms with Crippen LogP contribution in [0.25, 0.3) is 11.0 Å². The molecule has 1 heterocycles. The Morgan fingerprint density at radius 2 is 2.10 bits per heavy atom. The van der Waals surface area contributed by atoms with Gasteiger partial charge in [0.05, 0.1) is 0 Å². The summed E-state index contributed by atoms with van der Waals surface area (Å²) in [6.07, 6.45) is 0.628. The molecule has 0 fully saturated rings. The molecule has 0 spiro atoms. The van der Waals surface area contributed by atoms with Gasteiger partial charge in [-0.05, 0) is 37.6 Å². The van der Waals surface area contributed by atoms with Crippen LogP contribution in [0.1, 0.15) is 30.8 Å². The Hall–Kier alpha value is -2.56. The Kier molecular flexibility index (Phi) is 4.12. The van der Waals surface area contributed by atoms with Gasteiger partial charge in [0.1, 0.15) is 5.58 Å². The molecule has 0 saturated carbocycles. The summed E-state index contributed by atoms with van der Waals surface area (Å²) in [6.45, 7) is 7.52. The van der Waals surface area contributed by atoms with Gasteiger partial charge in [-0.15, -0.1) is 6.58 Å². The maximum Gasteiger partial charge on any atom is 0.371 e. The first-order chi connectivity index (χ1) is 9.86. The summed E-state index contributed by atoms with van der Waals surface area (Å²) in [5.41, 5.74) is 2.04. The quantitative estimate of drug-likeness (QED) is 0.822. The van der Waals surface area contributed by atoms with E-state index >= 15 is 0 Å². The molecule has 2 aromatic rings. The van der Waals surface area contributed by atoms with Crippen LogP contribution >= 0.6 is 0 Å². The standard InChI is InChI=1S/C16H17NO4/c1-9(2)6-10(3)15(18)17-12-4-5-13-11(7-12)8-14(21-13)16(19)20/h4-5,7-8,10H,1,6H2,2-3H3,(H,17,18)(H,19,20). The number of carbonyl (C=O) groups excluding carboxylic acids is 1. The lowest BCUT2D eigenvalue weighted by Gasteiger charge is -2.12. The molecule has 5 heteroatoms. The van der Waals surface area contributed by atoms with Crippen molar-refractivity contribution in [2.45, 2.75) is 20.3 Å². The van der Waals surface area contributed by atoms with E-state index in [1.54, 1.807) is 18.2 Å². The number of furan rings is 1. The SMILES string of the molecule is C=C(C)CC(C)C(=O)Nc1ccc2oc(C(=O)O)cc2c1. The number of fused-ring (bicyclic) bond motifs is 1. The molecule has 21 heavy (non-hydrogen) atoms. The van der Waals surface area contributed by atoms with E-state index in [0.717, 1.165) is 5.57 Å². The maximum absolute atomic E-state index is 12.0. The summed E-state index contributed by atoms with van der Waals surface area (Å²) in [6, 6.07) is 6.45. The fraction of sp³-hybridized carbons (Fsp3) is 0.250. The molecule has 0 aliphatic rings. The van der Waals surface area contributed by atoms with Gasteiger partial charge in [-0.1, -0.05) is 12.5 Å². The molecule has 1 unspecified atom stereocenters. The van der Waals surface area contributed by atoms with Crippen LogP contribution in [-0.4, -0.2) is 17.0 Å². The molecule has 1 aromatic carbocycles. The zero-order valence-corrected chi connectivity index (χ0v) is 12.0. The Morgan fingerprint density at radius 3 is 2.71 bits per heavy atom. The highest BCUT2D eigenvalue weighted by Gasteiger charge is 2.14. The number of carboxylic acid groups (broad SMARTS) is 1. The van der Waals surface area contributed by atoms with Gasteiger partial charge in [0, 0.05) is 17.0 Å².